The van der Waals surface area contributed by atoms with Gasteiger partial charge in [-0.3, -0.25) is 4.68 Å². The Kier molecular flexibility index (Phi) is 8.51. The molecule has 0 saturated carbocycles. The van der Waals surface area contributed by atoms with Gasteiger partial charge in [0.15, 0.2) is 5.96 Å². The van der Waals surface area contributed by atoms with E-state index in [1.807, 2.05) is 63.0 Å². The van der Waals surface area contributed by atoms with Crippen LogP contribution in [-0.2, 0) is 17.8 Å². The SMILES string of the molecule is CCNC(=NCc1cnn(Cc2ccccc2)c1)NCCNC(=O)OC(C)(C)C. The summed E-state index contributed by atoms with van der Waals surface area (Å²) in [6.07, 6.45) is 3.41. The molecule has 2 aromatic rings. The molecule has 2 rings (SSSR count). The molecule has 0 atom stereocenters. The molecule has 0 radical (unpaired) electrons. The lowest BCUT2D eigenvalue weighted by Crippen LogP contribution is -2.42. The zero-order valence-corrected chi connectivity index (χ0v) is 17.7. The lowest BCUT2D eigenvalue weighted by molar-refractivity contribution is 0.0529. The van der Waals surface area contributed by atoms with Crippen molar-refractivity contribution in [1.29, 1.82) is 0 Å². The quantitative estimate of drug-likeness (QED) is 0.360. The first kappa shape index (κ1) is 22.3. The number of hydrogen-bond donors (Lipinski definition) is 3. The van der Waals surface area contributed by atoms with Crippen LogP contribution in [0, 0.1) is 0 Å². The summed E-state index contributed by atoms with van der Waals surface area (Å²) in [6.45, 7) is 10.5. The van der Waals surface area contributed by atoms with E-state index >= 15 is 0 Å². The van der Waals surface area contributed by atoms with Gasteiger partial charge in [-0.1, -0.05) is 30.3 Å². The van der Waals surface area contributed by atoms with Crippen LogP contribution in [0.2, 0.25) is 0 Å². The molecule has 1 heterocycles. The Bertz CT molecular complexity index is 780. The number of nitrogens with zero attached hydrogens (tertiary/aromatic N) is 3. The number of hydrogen-bond acceptors (Lipinski definition) is 4. The summed E-state index contributed by atoms with van der Waals surface area (Å²) in [5.74, 6) is 0.689. The maximum Gasteiger partial charge on any atom is 0.407 e. The van der Waals surface area contributed by atoms with Crippen molar-refractivity contribution in [2.75, 3.05) is 19.6 Å². The van der Waals surface area contributed by atoms with E-state index < -0.39 is 11.7 Å². The van der Waals surface area contributed by atoms with Crippen molar-refractivity contribution in [2.24, 2.45) is 4.99 Å². The minimum atomic E-state index is -0.501. The Morgan fingerprint density at radius 3 is 2.52 bits per heavy atom. The van der Waals surface area contributed by atoms with Gasteiger partial charge in [0.25, 0.3) is 0 Å². The van der Waals surface area contributed by atoms with Crippen LogP contribution < -0.4 is 16.0 Å². The minimum Gasteiger partial charge on any atom is -0.444 e. The predicted octanol–water partition coefficient (Wildman–Crippen LogP) is 2.51. The van der Waals surface area contributed by atoms with Crippen LogP contribution in [0.4, 0.5) is 4.79 Å². The van der Waals surface area contributed by atoms with Gasteiger partial charge in [-0.2, -0.15) is 5.10 Å². The number of guanidine groups is 1. The van der Waals surface area contributed by atoms with Crippen LogP contribution in [0.3, 0.4) is 0 Å². The fourth-order valence-electron chi connectivity index (χ4n) is 2.52. The number of benzene rings is 1. The highest BCUT2D eigenvalue weighted by Crippen LogP contribution is 2.06. The Morgan fingerprint density at radius 2 is 1.83 bits per heavy atom. The standard InChI is InChI=1S/C21H32N6O2/c1-5-22-19(23-11-12-24-20(28)29-21(2,3)4)25-13-18-14-26-27(16-18)15-17-9-7-6-8-10-17/h6-10,14,16H,5,11-13,15H2,1-4H3,(H,24,28)(H2,22,23,25). The Morgan fingerprint density at radius 1 is 1.10 bits per heavy atom. The molecule has 0 bridgehead atoms. The fourth-order valence-corrected chi connectivity index (χ4v) is 2.52. The summed E-state index contributed by atoms with van der Waals surface area (Å²) >= 11 is 0. The molecule has 3 N–H and O–H groups in total. The summed E-state index contributed by atoms with van der Waals surface area (Å²) in [7, 11) is 0. The van der Waals surface area contributed by atoms with Crippen molar-refractivity contribution in [2.45, 2.75) is 46.4 Å². The van der Waals surface area contributed by atoms with Gasteiger partial charge in [-0.25, -0.2) is 9.79 Å². The molecular formula is C21H32N6O2. The first-order valence-corrected chi connectivity index (χ1v) is 9.90. The molecule has 0 unspecified atom stereocenters. The van der Waals surface area contributed by atoms with E-state index in [4.69, 9.17) is 4.74 Å². The van der Waals surface area contributed by atoms with Gasteiger partial charge in [-0.05, 0) is 33.3 Å². The lowest BCUT2D eigenvalue weighted by Gasteiger charge is -2.19. The van der Waals surface area contributed by atoms with Crippen molar-refractivity contribution in [3.05, 3.63) is 53.9 Å². The van der Waals surface area contributed by atoms with Gasteiger partial charge in [0.05, 0.1) is 19.3 Å². The number of aromatic nitrogens is 2. The molecule has 0 aliphatic heterocycles. The second-order valence-corrected chi connectivity index (χ2v) is 7.58. The number of amides is 1. The van der Waals surface area contributed by atoms with E-state index in [9.17, 15) is 4.79 Å². The third-order valence-electron chi connectivity index (χ3n) is 3.72. The zero-order valence-electron chi connectivity index (χ0n) is 17.7. The monoisotopic (exact) mass is 400 g/mol. The summed E-state index contributed by atoms with van der Waals surface area (Å²) < 4.78 is 7.12. The third-order valence-corrected chi connectivity index (χ3v) is 3.72. The van der Waals surface area contributed by atoms with E-state index in [1.54, 1.807) is 0 Å². The van der Waals surface area contributed by atoms with Crippen molar-refractivity contribution < 1.29 is 9.53 Å². The van der Waals surface area contributed by atoms with Crippen LogP contribution >= 0.6 is 0 Å². The molecule has 29 heavy (non-hydrogen) atoms. The topological polar surface area (TPSA) is 92.6 Å². The van der Waals surface area contributed by atoms with Crippen molar-refractivity contribution in [3.63, 3.8) is 0 Å². The molecule has 1 aromatic carbocycles. The molecule has 8 nitrogen and oxygen atoms in total. The predicted molar refractivity (Wildman–Crippen MR) is 115 cm³/mol. The smallest absolute Gasteiger partial charge is 0.407 e. The maximum absolute atomic E-state index is 11.7. The number of carbonyl (C=O) groups is 1. The first-order chi connectivity index (χ1) is 13.9. The van der Waals surface area contributed by atoms with Gasteiger partial charge in [0, 0.05) is 31.4 Å². The molecule has 1 amide bonds. The molecule has 0 saturated heterocycles. The van der Waals surface area contributed by atoms with Crippen molar-refractivity contribution in [1.82, 2.24) is 25.7 Å². The van der Waals surface area contributed by atoms with E-state index in [-0.39, 0.29) is 0 Å². The van der Waals surface area contributed by atoms with E-state index in [1.165, 1.54) is 5.56 Å². The van der Waals surface area contributed by atoms with E-state index in [2.05, 4.69) is 38.2 Å². The number of nitrogens with one attached hydrogen (secondary N) is 3. The molecular weight excluding hydrogens is 368 g/mol. The highest BCUT2D eigenvalue weighted by Gasteiger charge is 2.15. The molecule has 1 aromatic heterocycles. The van der Waals surface area contributed by atoms with Crippen LogP contribution in [0.1, 0.15) is 38.8 Å². The lowest BCUT2D eigenvalue weighted by atomic mass is 10.2. The molecule has 0 spiro atoms. The van der Waals surface area contributed by atoms with Gasteiger partial charge >= 0.3 is 6.09 Å². The van der Waals surface area contributed by atoms with Gasteiger partial charge in [-0.15, -0.1) is 0 Å². The molecule has 0 aliphatic carbocycles. The van der Waals surface area contributed by atoms with Gasteiger partial charge < -0.3 is 20.7 Å². The third kappa shape index (κ3) is 9.14. The largest absolute Gasteiger partial charge is 0.444 e. The Labute approximate surface area is 172 Å². The van der Waals surface area contributed by atoms with Crippen LogP contribution in [0.15, 0.2) is 47.7 Å². The molecule has 8 heteroatoms. The molecule has 158 valence electrons. The highest BCUT2D eigenvalue weighted by molar-refractivity contribution is 5.79. The summed E-state index contributed by atoms with van der Waals surface area (Å²) in [4.78, 5) is 16.2. The summed E-state index contributed by atoms with van der Waals surface area (Å²) in [6, 6.07) is 10.2. The van der Waals surface area contributed by atoms with Crippen LogP contribution in [0.5, 0.6) is 0 Å². The number of ether oxygens (including phenoxy) is 1. The molecule has 0 aliphatic rings. The second-order valence-electron chi connectivity index (χ2n) is 7.58. The Hall–Kier alpha value is -3.03. The molecule has 0 fully saturated rings. The summed E-state index contributed by atoms with van der Waals surface area (Å²) in [5.41, 5.74) is 1.74. The minimum absolute atomic E-state index is 0.424. The highest BCUT2D eigenvalue weighted by atomic mass is 16.6. The fraction of sp³-hybridized carbons (Fsp3) is 0.476. The number of aliphatic imine (C=N–C) groups is 1. The van der Waals surface area contributed by atoms with Crippen LogP contribution in [-0.4, -0.2) is 47.1 Å². The van der Waals surface area contributed by atoms with Crippen molar-refractivity contribution >= 4 is 12.1 Å². The van der Waals surface area contributed by atoms with Crippen LogP contribution in [0.25, 0.3) is 0 Å². The number of alkyl carbamates (subject to hydrolysis) is 1. The normalized spacial score (nSPS) is 11.8. The van der Waals surface area contributed by atoms with E-state index in [0.29, 0.717) is 25.6 Å². The number of rotatable bonds is 8. The summed E-state index contributed by atoms with van der Waals surface area (Å²) in [5, 5.41) is 13.5. The average molecular weight is 401 g/mol. The van der Waals surface area contributed by atoms with Gasteiger partial charge in [0.2, 0.25) is 0 Å². The first-order valence-electron chi connectivity index (χ1n) is 9.90. The van der Waals surface area contributed by atoms with Gasteiger partial charge in [0.1, 0.15) is 5.60 Å². The van der Waals surface area contributed by atoms with Crippen molar-refractivity contribution in [3.8, 4) is 0 Å². The Balaban J connectivity index is 1.79. The maximum atomic E-state index is 11.7. The number of carbonyl (C=O) groups excluding carboxylic acids is 1. The average Bonchev–Trinajstić information content (AvgIpc) is 3.10. The second kappa shape index (κ2) is 11.1. The van der Waals surface area contributed by atoms with E-state index in [0.717, 1.165) is 18.7 Å². The zero-order chi connectivity index (χ0) is 21.1.